The summed E-state index contributed by atoms with van der Waals surface area (Å²) in [7, 11) is -3.05. The van der Waals surface area contributed by atoms with Gasteiger partial charge in [0.1, 0.15) is 11.1 Å². The van der Waals surface area contributed by atoms with E-state index >= 15 is 0 Å². The molecule has 0 radical (unpaired) electrons. The van der Waals surface area contributed by atoms with E-state index in [4.69, 9.17) is 5.26 Å². The van der Waals surface area contributed by atoms with Crippen molar-refractivity contribution in [2.45, 2.75) is 19.4 Å². The van der Waals surface area contributed by atoms with Crippen LogP contribution in [0.1, 0.15) is 18.9 Å². The number of rotatable bonds is 7. The van der Waals surface area contributed by atoms with Crippen molar-refractivity contribution in [1.82, 2.24) is 10.2 Å². The summed E-state index contributed by atoms with van der Waals surface area (Å²) in [5.74, 6) is -0.539. The monoisotopic (exact) mass is 384 g/mol. The highest BCUT2D eigenvalue weighted by Gasteiger charge is 2.29. The van der Waals surface area contributed by atoms with Crippen LogP contribution in [0.15, 0.2) is 11.4 Å². The Bertz CT molecular complexity index is 782. The lowest BCUT2D eigenvalue weighted by Gasteiger charge is -2.20. The van der Waals surface area contributed by atoms with E-state index in [1.54, 1.807) is 16.3 Å². The lowest BCUT2D eigenvalue weighted by atomic mass is 10.2. The van der Waals surface area contributed by atoms with Crippen LogP contribution >= 0.6 is 11.3 Å². The highest BCUT2D eigenvalue weighted by atomic mass is 32.2. The molecule has 0 spiro atoms. The summed E-state index contributed by atoms with van der Waals surface area (Å²) in [4.78, 5) is 25.8. The number of hydrogen-bond donors (Lipinski definition) is 2. The molecule has 2 amide bonds. The first kappa shape index (κ1) is 19.4. The van der Waals surface area contributed by atoms with E-state index in [9.17, 15) is 18.0 Å². The molecule has 1 aliphatic rings. The van der Waals surface area contributed by atoms with Gasteiger partial charge in [0.05, 0.1) is 30.2 Å². The molecule has 25 heavy (non-hydrogen) atoms. The third-order valence-corrected chi connectivity index (χ3v) is 6.42. The van der Waals surface area contributed by atoms with Gasteiger partial charge in [-0.2, -0.15) is 5.26 Å². The fraction of sp³-hybridized carbons (Fsp3) is 0.533. The van der Waals surface area contributed by atoms with Crippen molar-refractivity contribution >= 4 is 38.0 Å². The van der Waals surface area contributed by atoms with Gasteiger partial charge in [-0.3, -0.25) is 14.5 Å². The molecular weight excluding hydrogens is 364 g/mol. The predicted octanol–water partition coefficient (Wildman–Crippen LogP) is 0.183. The number of nitrogens with one attached hydrogen (secondary N) is 2. The zero-order valence-electron chi connectivity index (χ0n) is 13.8. The average molecular weight is 384 g/mol. The maximum atomic E-state index is 12.1. The molecule has 0 aliphatic carbocycles. The van der Waals surface area contributed by atoms with Crippen LogP contribution in [-0.2, 0) is 19.4 Å². The number of thiophene rings is 1. The second-order valence-electron chi connectivity index (χ2n) is 5.79. The van der Waals surface area contributed by atoms with Crippen LogP contribution in [0.4, 0.5) is 5.00 Å². The van der Waals surface area contributed by atoms with E-state index in [0.717, 1.165) is 0 Å². The molecule has 0 unspecified atom stereocenters. The molecule has 0 saturated carbocycles. The predicted molar refractivity (Wildman–Crippen MR) is 95.0 cm³/mol. The first-order chi connectivity index (χ1) is 11.8. The number of hydrogen-bond acceptors (Lipinski definition) is 7. The molecule has 1 aromatic rings. The van der Waals surface area contributed by atoms with Gasteiger partial charge in [-0.15, -0.1) is 11.3 Å². The van der Waals surface area contributed by atoms with Gasteiger partial charge in [0.15, 0.2) is 9.84 Å². The summed E-state index contributed by atoms with van der Waals surface area (Å²) < 4.78 is 22.8. The lowest BCUT2D eigenvalue weighted by Crippen LogP contribution is -2.44. The number of anilines is 1. The zero-order chi connectivity index (χ0) is 18.4. The van der Waals surface area contributed by atoms with E-state index in [2.05, 4.69) is 10.6 Å². The molecule has 0 bridgehead atoms. The molecule has 2 heterocycles. The van der Waals surface area contributed by atoms with Crippen molar-refractivity contribution in [3.63, 3.8) is 0 Å². The maximum absolute atomic E-state index is 12.1. The Balaban J connectivity index is 1.82. The molecule has 0 aromatic carbocycles. The molecule has 136 valence electrons. The molecule has 1 fully saturated rings. The smallest absolute Gasteiger partial charge is 0.239 e. The fourth-order valence-electron chi connectivity index (χ4n) is 2.53. The SMILES string of the molecule is CCN(CC(=O)Nc1sccc1C#N)CC(=O)N[C@H]1CCS(=O)(=O)C1. The minimum absolute atomic E-state index is 0.00958. The number of likely N-dealkylation sites (N-methyl/N-ethyl adjacent to an activating group) is 1. The van der Waals surface area contributed by atoms with Gasteiger partial charge in [0, 0.05) is 6.04 Å². The van der Waals surface area contributed by atoms with Crippen LogP contribution in [0, 0.1) is 11.3 Å². The van der Waals surface area contributed by atoms with Gasteiger partial charge in [-0.1, -0.05) is 6.92 Å². The second kappa shape index (κ2) is 8.42. The Labute approximate surface area is 150 Å². The second-order valence-corrected chi connectivity index (χ2v) is 8.94. The maximum Gasteiger partial charge on any atom is 0.239 e. The molecule has 1 saturated heterocycles. The largest absolute Gasteiger partial charge is 0.351 e. The number of amides is 2. The highest BCUT2D eigenvalue weighted by molar-refractivity contribution is 7.91. The minimum atomic E-state index is -3.05. The van der Waals surface area contributed by atoms with Gasteiger partial charge in [0.25, 0.3) is 0 Å². The number of sulfone groups is 1. The fourth-order valence-corrected chi connectivity index (χ4v) is 4.96. The van der Waals surface area contributed by atoms with Gasteiger partial charge in [-0.05, 0) is 24.4 Å². The molecule has 1 aliphatic heterocycles. The minimum Gasteiger partial charge on any atom is -0.351 e. The van der Waals surface area contributed by atoms with Crippen molar-refractivity contribution in [2.75, 3.05) is 36.5 Å². The standard InChI is InChI=1S/C15H20N4O4S2/c1-2-19(8-13(20)17-12-4-6-25(22,23)10-12)9-14(21)18-15-11(7-16)3-5-24-15/h3,5,12H,2,4,6,8-10H2,1H3,(H,17,20)(H,18,21)/t12-/m0/s1. The van der Waals surface area contributed by atoms with E-state index in [-0.39, 0.29) is 42.5 Å². The molecular formula is C15H20N4O4S2. The van der Waals surface area contributed by atoms with Crippen LogP contribution < -0.4 is 10.6 Å². The quantitative estimate of drug-likeness (QED) is 0.692. The van der Waals surface area contributed by atoms with Crippen molar-refractivity contribution < 1.29 is 18.0 Å². The van der Waals surface area contributed by atoms with Crippen LogP contribution in [0.25, 0.3) is 0 Å². The Morgan fingerprint density at radius 2 is 2.12 bits per heavy atom. The Morgan fingerprint density at radius 3 is 2.72 bits per heavy atom. The van der Waals surface area contributed by atoms with Crippen LogP contribution in [0.2, 0.25) is 0 Å². The van der Waals surface area contributed by atoms with E-state index in [1.165, 1.54) is 11.3 Å². The number of nitrogens with zero attached hydrogens (tertiary/aromatic N) is 2. The number of nitriles is 1. The third-order valence-electron chi connectivity index (χ3n) is 3.82. The van der Waals surface area contributed by atoms with Crippen molar-refractivity contribution in [1.29, 1.82) is 5.26 Å². The summed E-state index contributed by atoms with van der Waals surface area (Å²) >= 11 is 1.26. The highest BCUT2D eigenvalue weighted by Crippen LogP contribution is 2.21. The van der Waals surface area contributed by atoms with Gasteiger partial charge < -0.3 is 10.6 Å². The molecule has 10 heteroatoms. The molecule has 1 atom stereocenters. The van der Waals surface area contributed by atoms with Crippen LogP contribution in [-0.4, -0.2) is 62.3 Å². The number of carbonyl (C=O) groups is 2. The third kappa shape index (κ3) is 5.81. The van der Waals surface area contributed by atoms with Crippen molar-refractivity contribution in [3.05, 3.63) is 17.0 Å². The molecule has 2 rings (SSSR count). The summed E-state index contributed by atoms with van der Waals surface area (Å²) in [6, 6.07) is 3.27. The van der Waals surface area contributed by atoms with Crippen molar-refractivity contribution in [2.24, 2.45) is 0 Å². The van der Waals surface area contributed by atoms with E-state index in [1.807, 2.05) is 13.0 Å². The van der Waals surface area contributed by atoms with E-state index in [0.29, 0.717) is 23.5 Å². The topological polar surface area (TPSA) is 119 Å². The Kier molecular flexibility index (Phi) is 6.52. The van der Waals surface area contributed by atoms with Gasteiger partial charge in [0.2, 0.25) is 11.8 Å². The molecule has 8 nitrogen and oxygen atoms in total. The summed E-state index contributed by atoms with van der Waals surface area (Å²) in [6.45, 7) is 2.33. The summed E-state index contributed by atoms with van der Waals surface area (Å²) in [6.07, 6.45) is 0.427. The average Bonchev–Trinajstić information content (AvgIpc) is 3.12. The van der Waals surface area contributed by atoms with Crippen LogP contribution in [0.5, 0.6) is 0 Å². The van der Waals surface area contributed by atoms with Crippen molar-refractivity contribution in [3.8, 4) is 6.07 Å². The summed E-state index contributed by atoms with van der Waals surface area (Å²) in [5.41, 5.74) is 0.404. The van der Waals surface area contributed by atoms with Crippen LogP contribution in [0.3, 0.4) is 0 Å². The zero-order valence-corrected chi connectivity index (χ0v) is 15.5. The number of carbonyl (C=O) groups excluding carboxylic acids is 2. The van der Waals surface area contributed by atoms with Gasteiger partial charge in [-0.25, -0.2) is 8.42 Å². The first-order valence-electron chi connectivity index (χ1n) is 7.82. The normalized spacial score (nSPS) is 18.7. The van der Waals surface area contributed by atoms with E-state index < -0.39 is 9.84 Å². The Morgan fingerprint density at radius 1 is 1.40 bits per heavy atom. The Hall–Kier alpha value is -1.96. The first-order valence-corrected chi connectivity index (χ1v) is 10.5. The molecule has 2 N–H and O–H groups in total. The molecule has 1 aromatic heterocycles. The lowest BCUT2D eigenvalue weighted by molar-refractivity contribution is -0.123. The summed E-state index contributed by atoms with van der Waals surface area (Å²) in [5, 5.41) is 16.5. The van der Waals surface area contributed by atoms with Gasteiger partial charge >= 0.3 is 0 Å².